The number of benzene rings is 2. The van der Waals surface area contributed by atoms with E-state index in [0.717, 1.165) is 5.56 Å². The maximum absolute atomic E-state index is 11.2. The van der Waals surface area contributed by atoms with Gasteiger partial charge in [-0.05, 0) is 29.8 Å². The summed E-state index contributed by atoms with van der Waals surface area (Å²) < 4.78 is 4.62. The van der Waals surface area contributed by atoms with Crippen LogP contribution in [0.25, 0.3) is 0 Å². The molecule has 0 saturated carbocycles. The highest BCUT2D eigenvalue weighted by Gasteiger charge is 2.03. The van der Waals surface area contributed by atoms with Gasteiger partial charge < -0.3 is 9.57 Å². The van der Waals surface area contributed by atoms with Crippen molar-refractivity contribution in [1.29, 1.82) is 0 Å². The number of carbonyl (C=O) groups is 1. The van der Waals surface area contributed by atoms with E-state index in [1.807, 2.05) is 30.3 Å². The molecule has 0 fully saturated rings. The Kier molecular flexibility index (Phi) is 4.29. The summed E-state index contributed by atoms with van der Waals surface area (Å²) in [5, 5.41) is 3.87. The summed E-state index contributed by atoms with van der Waals surface area (Å²) in [6, 6.07) is 16.2. The maximum Gasteiger partial charge on any atom is 0.337 e. The van der Waals surface area contributed by atoms with Crippen LogP contribution < -0.4 is 4.84 Å². The second kappa shape index (κ2) is 6.35. The highest BCUT2D eigenvalue weighted by atomic mass is 16.6. The Morgan fingerprint density at radius 1 is 1.05 bits per heavy atom. The van der Waals surface area contributed by atoms with Gasteiger partial charge in [0, 0.05) is 0 Å². The van der Waals surface area contributed by atoms with Crippen molar-refractivity contribution in [3.8, 4) is 5.75 Å². The summed E-state index contributed by atoms with van der Waals surface area (Å²) in [7, 11) is 1.35. The van der Waals surface area contributed by atoms with Crippen LogP contribution >= 0.6 is 0 Å². The highest BCUT2D eigenvalue weighted by Crippen LogP contribution is 2.09. The predicted molar refractivity (Wildman–Crippen MR) is 72.4 cm³/mol. The molecule has 0 aliphatic heterocycles. The van der Waals surface area contributed by atoms with E-state index in [-0.39, 0.29) is 5.97 Å². The number of hydrogen-bond acceptors (Lipinski definition) is 4. The van der Waals surface area contributed by atoms with Crippen LogP contribution in [-0.4, -0.2) is 19.3 Å². The van der Waals surface area contributed by atoms with Gasteiger partial charge in [-0.25, -0.2) is 4.79 Å². The van der Waals surface area contributed by atoms with Crippen LogP contribution in [0, 0.1) is 0 Å². The van der Waals surface area contributed by atoms with Crippen LogP contribution in [0.15, 0.2) is 59.8 Å². The molecule has 0 unspecified atom stereocenters. The van der Waals surface area contributed by atoms with Crippen LogP contribution in [-0.2, 0) is 4.74 Å². The number of oxime groups is 1. The average Bonchev–Trinajstić information content (AvgIpc) is 2.48. The second-order valence-electron chi connectivity index (χ2n) is 3.75. The van der Waals surface area contributed by atoms with E-state index in [9.17, 15) is 4.79 Å². The van der Waals surface area contributed by atoms with Gasteiger partial charge in [0.2, 0.25) is 0 Å². The van der Waals surface area contributed by atoms with Crippen LogP contribution in [0.4, 0.5) is 0 Å². The number of nitrogens with zero attached hydrogens (tertiary/aromatic N) is 1. The lowest BCUT2D eigenvalue weighted by molar-refractivity contribution is 0.0601. The fraction of sp³-hybridized carbons (Fsp3) is 0.0667. The molecule has 0 aliphatic rings. The molecule has 0 aliphatic carbocycles. The topological polar surface area (TPSA) is 47.9 Å². The molecule has 0 bridgehead atoms. The monoisotopic (exact) mass is 255 g/mol. The third kappa shape index (κ3) is 3.67. The van der Waals surface area contributed by atoms with Crippen molar-refractivity contribution in [1.82, 2.24) is 0 Å². The van der Waals surface area contributed by atoms with Crippen LogP contribution in [0.5, 0.6) is 5.75 Å². The molecule has 0 spiro atoms. The van der Waals surface area contributed by atoms with Gasteiger partial charge in [-0.15, -0.1) is 0 Å². The Labute approximate surface area is 111 Å². The number of rotatable bonds is 4. The molecule has 2 rings (SSSR count). The number of ether oxygens (including phenoxy) is 1. The Balaban J connectivity index is 1.98. The Morgan fingerprint density at radius 2 is 1.74 bits per heavy atom. The van der Waals surface area contributed by atoms with Gasteiger partial charge in [0.25, 0.3) is 0 Å². The average molecular weight is 255 g/mol. The summed E-state index contributed by atoms with van der Waals surface area (Å²) in [6.45, 7) is 0. The Bertz CT molecular complexity index is 562. The largest absolute Gasteiger partial charge is 0.465 e. The van der Waals surface area contributed by atoms with E-state index in [2.05, 4.69) is 9.89 Å². The van der Waals surface area contributed by atoms with Gasteiger partial charge in [-0.2, -0.15) is 0 Å². The lowest BCUT2D eigenvalue weighted by atomic mass is 10.1. The quantitative estimate of drug-likeness (QED) is 0.479. The van der Waals surface area contributed by atoms with Gasteiger partial charge in [-0.1, -0.05) is 35.5 Å². The zero-order valence-electron chi connectivity index (χ0n) is 10.4. The van der Waals surface area contributed by atoms with Gasteiger partial charge in [0.1, 0.15) is 0 Å². The van der Waals surface area contributed by atoms with E-state index in [1.54, 1.807) is 30.5 Å². The molecule has 0 amide bonds. The van der Waals surface area contributed by atoms with Crippen molar-refractivity contribution in [3.05, 3.63) is 65.7 Å². The van der Waals surface area contributed by atoms with Gasteiger partial charge in [0.15, 0.2) is 5.75 Å². The lowest BCUT2D eigenvalue weighted by Gasteiger charge is -1.99. The molecular weight excluding hydrogens is 242 g/mol. The van der Waals surface area contributed by atoms with Crippen LogP contribution in [0.2, 0.25) is 0 Å². The molecule has 96 valence electrons. The first-order valence-electron chi connectivity index (χ1n) is 5.73. The molecule has 2 aromatic carbocycles. The SMILES string of the molecule is COC(=O)c1ccc(/C=N/Oc2ccccc2)cc1. The van der Waals surface area contributed by atoms with E-state index < -0.39 is 0 Å². The number of carbonyl (C=O) groups excluding carboxylic acids is 1. The van der Waals surface area contributed by atoms with E-state index >= 15 is 0 Å². The molecule has 0 radical (unpaired) electrons. The number of esters is 1. The molecule has 0 atom stereocenters. The third-order valence-electron chi connectivity index (χ3n) is 2.43. The minimum atomic E-state index is -0.357. The van der Waals surface area contributed by atoms with Crippen LogP contribution in [0.3, 0.4) is 0 Å². The molecule has 4 heteroatoms. The fourth-order valence-electron chi connectivity index (χ4n) is 1.45. The first kappa shape index (κ1) is 12.8. The first-order valence-corrected chi connectivity index (χ1v) is 5.73. The standard InChI is InChI=1S/C15H13NO3/c1-18-15(17)13-9-7-12(8-10-13)11-16-19-14-5-3-2-4-6-14/h2-11H,1H3/b16-11+. The van der Waals surface area contributed by atoms with Crippen molar-refractivity contribution >= 4 is 12.2 Å². The Hall–Kier alpha value is -2.62. The normalized spacial score (nSPS) is 10.4. The van der Waals surface area contributed by atoms with E-state index in [0.29, 0.717) is 11.3 Å². The third-order valence-corrected chi connectivity index (χ3v) is 2.43. The van der Waals surface area contributed by atoms with Gasteiger partial charge >= 0.3 is 5.97 Å². The van der Waals surface area contributed by atoms with Gasteiger partial charge in [-0.3, -0.25) is 0 Å². The summed E-state index contributed by atoms with van der Waals surface area (Å²) in [6.07, 6.45) is 1.58. The van der Waals surface area contributed by atoms with Crippen molar-refractivity contribution in [3.63, 3.8) is 0 Å². The Morgan fingerprint density at radius 3 is 2.37 bits per heavy atom. The molecule has 4 nitrogen and oxygen atoms in total. The molecule has 0 N–H and O–H groups in total. The number of para-hydroxylation sites is 1. The van der Waals surface area contributed by atoms with Crippen LogP contribution in [0.1, 0.15) is 15.9 Å². The zero-order chi connectivity index (χ0) is 13.5. The summed E-state index contributed by atoms with van der Waals surface area (Å²) in [4.78, 5) is 16.4. The summed E-state index contributed by atoms with van der Waals surface area (Å²) >= 11 is 0. The highest BCUT2D eigenvalue weighted by molar-refractivity contribution is 5.90. The zero-order valence-corrected chi connectivity index (χ0v) is 10.4. The molecule has 0 heterocycles. The molecule has 19 heavy (non-hydrogen) atoms. The van der Waals surface area contributed by atoms with Crippen molar-refractivity contribution in [2.45, 2.75) is 0 Å². The smallest absolute Gasteiger partial charge is 0.337 e. The number of hydrogen-bond donors (Lipinski definition) is 0. The van der Waals surface area contributed by atoms with Crippen molar-refractivity contribution in [2.24, 2.45) is 5.16 Å². The molecule has 2 aromatic rings. The molecule has 0 aromatic heterocycles. The van der Waals surface area contributed by atoms with Crippen molar-refractivity contribution < 1.29 is 14.4 Å². The molecular formula is C15H13NO3. The van der Waals surface area contributed by atoms with E-state index in [4.69, 9.17) is 4.84 Å². The maximum atomic E-state index is 11.2. The minimum absolute atomic E-state index is 0.357. The fourth-order valence-corrected chi connectivity index (χ4v) is 1.45. The minimum Gasteiger partial charge on any atom is -0.465 e. The van der Waals surface area contributed by atoms with Gasteiger partial charge in [0.05, 0.1) is 18.9 Å². The summed E-state index contributed by atoms with van der Waals surface area (Å²) in [5.74, 6) is 0.314. The second-order valence-corrected chi connectivity index (χ2v) is 3.75. The predicted octanol–water partition coefficient (Wildman–Crippen LogP) is 2.89. The van der Waals surface area contributed by atoms with Crippen molar-refractivity contribution in [2.75, 3.05) is 7.11 Å². The molecule has 0 saturated heterocycles. The van der Waals surface area contributed by atoms with E-state index in [1.165, 1.54) is 7.11 Å². The lowest BCUT2D eigenvalue weighted by Crippen LogP contribution is -2.00. The first-order chi connectivity index (χ1) is 9.29. The number of methoxy groups -OCH3 is 1. The summed E-state index contributed by atoms with van der Waals surface area (Å²) in [5.41, 5.74) is 1.34.